The molecule has 2 rings (SSSR count). The minimum Gasteiger partial charge on any atom is -0.496 e. The fraction of sp³-hybridized carbons (Fsp3) is 0.308. The predicted molar refractivity (Wildman–Crippen MR) is 75.5 cm³/mol. The summed E-state index contributed by atoms with van der Waals surface area (Å²) < 4.78 is 7.19. The van der Waals surface area contributed by atoms with Gasteiger partial charge in [-0.25, -0.2) is 0 Å². The second-order valence-electron chi connectivity index (χ2n) is 3.75. The average molecular weight is 268 g/mol. The Morgan fingerprint density at radius 1 is 1.33 bits per heavy atom. The van der Waals surface area contributed by atoms with E-state index < -0.39 is 0 Å². The number of halogens is 1. The molecule has 1 aromatic heterocycles. The zero-order valence-corrected chi connectivity index (χ0v) is 11.4. The number of rotatable bonds is 5. The first-order chi connectivity index (χ1) is 8.33. The Balaban J connectivity index is 0.00000162. The van der Waals surface area contributed by atoms with E-state index in [2.05, 4.69) is 23.4 Å². The Hall–Kier alpha value is -1.68. The highest BCUT2D eigenvalue weighted by atomic mass is 35.5. The van der Waals surface area contributed by atoms with E-state index in [1.807, 2.05) is 35.3 Å². The van der Waals surface area contributed by atoms with Crippen LogP contribution in [0.4, 0.5) is 5.69 Å². The van der Waals surface area contributed by atoms with Gasteiger partial charge in [-0.2, -0.15) is 5.10 Å². The topological polar surface area (TPSA) is 39.1 Å². The van der Waals surface area contributed by atoms with Crippen molar-refractivity contribution in [2.75, 3.05) is 12.4 Å². The predicted octanol–water partition coefficient (Wildman–Crippen LogP) is 2.95. The number of aryl methyl sites for hydroxylation is 1. The lowest BCUT2D eigenvalue weighted by molar-refractivity contribution is 0.410. The summed E-state index contributed by atoms with van der Waals surface area (Å²) in [6, 6.07) is 8.00. The van der Waals surface area contributed by atoms with Gasteiger partial charge < -0.3 is 10.1 Å². The number of nitrogens with zero attached hydrogens (tertiary/aromatic N) is 2. The molecular formula is C13H18ClN3O. The van der Waals surface area contributed by atoms with E-state index in [4.69, 9.17) is 4.74 Å². The van der Waals surface area contributed by atoms with Gasteiger partial charge in [0.2, 0.25) is 0 Å². The second-order valence-corrected chi connectivity index (χ2v) is 3.75. The van der Waals surface area contributed by atoms with Crippen LogP contribution in [0.15, 0.2) is 36.7 Å². The molecule has 0 fully saturated rings. The molecule has 2 aromatic rings. The van der Waals surface area contributed by atoms with E-state index in [9.17, 15) is 0 Å². The van der Waals surface area contributed by atoms with Crippen molar-refractivity contribution in [3.63, 3.8) is 0 Å². The van der Waals surface area contributed by atoms with E-state index in [0.29, 0.717) is 0 Å². The monoisotopic (exact) mass is 267 g/mol. The van der Waals surface area contributed by atoms with Crippen LogP contribution in [-0.2, 0) is 13.1 Å². The third-order valence-electron chi connectivity index (χ3n) is 2.63. The van der Waals surface area contributed by atoms with Crippen LogP contribution in [0.5, 0.6) is 5.75 Å². The molecule has 0 atom stereocenters. The van der Waals surface area contributed by atoms with Gasteiger partial charge in [-0.15, -0.1) is 12.4 Å². The third kappa shape index (κ3) is 3.40. The maximum atomic E-state index is 5.30. The summed E-state index contributed by atoms with van der Waals surface area (Å²) in [6.45, 7) is 3.69. The molecule has 0 radical (unpaired) electrons. The van der Waals surface area contributed by atoms with Crippen LogP contribution in [0.1, 0.15) is 12.5 Å². The van der Waals surface area contributed by atoms with Gasteiger partial charge in [-0.3, -0.25) is 4.68 Å². The van der Waals surface area contributed by atoms with Crippen molar-refractivity contribution in [2.24, 2.45) is 0 Å². The van der Waals surface area contributed by atoms with E-state index in [1.165, 1.54) is 0 Å². The Morgan fingerprint density at radius 2 is 2.11 bits per heavy atom. The van der Waals surface area contributed by atoms with Gasteiger partial charge in [-0.1, -0.05) is 18.2 Å². The molecule has 0 spiro atoms. The summed E-state index contributed by atoms with van der Waals surface area (Å²) in [5.41, 5.74) is 2.16. The Kier molecular flexibility index (Phi) is 5.52. The second kappa shape index (κ2) is 6.91. The van der Waals surface area contributed by atoms with Crippen LogP contribution in [-0.4, -0.2) is 16.9 Å². The molecule has 1 aromatic carbocycles. The normalized spacial score (nSPS) is 9.67. The van der Waals surface area contributed by atoms with Crippen LogP contribution in [0.25, 0.3) is 0 Å². The quantitative estimate of drug-likeness (QED) is 0.905. The third-order valence-corrected chi connectivity index (χ3v) is 2.63. The number of hydrogen-bond acceptors (Lipinski definition) is 3. The number of methoxy groups -OCH3 is 1. The lowest BCUT2D eigenvalue weighted by Gasteiger charge is -2.08. The van der Waals surface area contributed by atoms with E-state index in [-0.39, 0.29) is 12.4 Å². The van der Waals surface area contributed by atoms with Gasteiger partial charge in [0.05, 0.1) is 19.0 Å². The molecule has 0 saturated heterocycles. The summed E-state index contributed by atoms with van der Waals surface area (Å²) in [6.07, 6.45) is 3.83. The Bertz CT molecular complexity index is 485. The fourth-order valence-electron chi connectivity index (χ4n) is 1.67. The molecule has 98 valence electrons. The smallest absolute Gasteiger partial charge is 0.123 e. The maximum absolute atomic E-state index is 5.30. The highest BCUT2D eigenvalue weighted by Crippen LogP contribution is 2.18. The standard InChI is InChI=1S/C13H17N3O.ClH/c1-3-16-10-12(9-15-16)14-8-11-6-4-5-7-13(11)17-2;/h4-7,9-10,14H,3,8H2,1-2H3;1H. The fourth-order valence-corrected chi connectivity index (χ4v) is 1.67. The van der Waals surface area contributed by atoms with E-state index in [1.54, 1.807) is 7.11 Å². The first kappa shape index (κ1) is 14.4. The zero-order valence-electron chi connectivity index (χ0n) is 10.6. The molecule has 1 heterocycles. The number of anilines is 1. The molecule has 4 nitrogen and oxygen atoms in total. The van der Waals surface area contributed by atoms with Crippen molar-refractivity contribution in [3.8, 4) is 5.75 Å². The van der Waals surface area contributed by atoms with E-state index in [0.717, 1.165) is 30.1 Å². The van der Waals surface area contributed by atoms with Gasteiger partial charge in [0.15, 0.2) is 0 Å². The summed E-state index contributed by atoms with van der Waals surface area (Å²) in [5.74, 6) is 0.905. The largest absolute Gasteiger partial charge is 0.496 e. The molecule has 0 aliphatic rings. The van der Waals surface area contributed by atoms with Crippen molar-refractivity contribution in [1.29, 1.82) is 0 Å². The van der Waals surface area contributed by atoms with Crippen LogP contribution in [0, 0.1) is 0 Å². The van der Waals surface area contributed by atoms with Crippen molar-refractivity contribution >= 4 is 18.1 Å². The molecule has 5 heteroatoms. The van der Waals surface area contributed by atoms with Crippen LogP contribution >= 0.6 is 12.4 Å². The highest BCUT2D eigenvalue weighted by Gasteiger charge is 2.02. The number of hydrogen-bond donors (Lipinski definition) is 1. The summed E-state index contributed by atoms with van der Waals surface area (Å²) >= 11 is 0. The molecular weight excluding hydrogens is 250 g/mol. The maximum Gasteiger partial charge on any atom is 0.123 e. The molecule has 0 amide bonds. The van der Waals surface area contributed by atoms with Gasteiger partial charge in [-0.05, 0) is 13.0 Å². The number of benzene rings is 1. The molecule has 0 unspecified atom stereocenters. The van der Waals surface area contributed by atoms with E-state index >= 15 is 0 Å². The molecule has 0 aliphatic carbocycles. The van der Waals surface area contributed by atoms with Crippen LogP contribution < -0.4 is 10.1 Å². The van der Waals surface area contributed by atoms with Crippen molar-refractivity contribution < 1.29 is 4.74 Å². The molecule has 0 bridgehead atoms. The number of nitrogens with one attached hydrogen (secondary N) is 1. The minimum absolute atomic E-state index is 0. The highest BCUT2D eigenvalue weighted by molar-refractivity contribution is 5.85. The SMILES string of the molecule is CCn1cc(NCc2ccccc2OC)cn1.Cl. The summed E-state index contributed by atoms with van der Waals surface area (Å²) in [5, 5.41) is 7.54. The molecule has 0 saturated carbocycles. The summed E-state index contributed by atoms with van der Waals surface area (Å²) in [4.78, 5) is 0. The van der Waals surface area contributed by atoms with Gasteiger partial charge in [0, 0.05) is 24.8 Å². The van der Waals surface area contributed by atoms with Crippen molar-refractivity contribution in [1.82, 2.24) is 9.78 Å². The zero-order chi connectivity index (χ0) is 12.1. The molecule has 18 heavy (non-hydrogen) atoms. The van der Waals surface area contributed by atoms with Gasteiger partial charge in [0.1, 0.15) is 5.75 Å². The lowest BCUT2D eigenvalue weighted by Crippen LogP contribution is -2.00. The van der Waals surface area contributed by atoms with Gasteiger partial charge in [0.25, 0.3) is 0 Å². The first-order valence-electron chi connectivity index (χ1n) is 5.71. The number of para-hydroxylation sites is 1. The Labute approximate surface area is 113 Å². The number of aromatic nitrogens is 2. The molecule has 0 aliphatic heterocycles. The van der Waals surface area contributed by atoms with Gasteiger partial charge >= 0.3 is 0 Å². The van der Waals surface area contributed by atoms with Crippen molar-refractivity contribution in [2.45, 2.75) is 20.0 Å². The summed E-state index contributed by atoms with van der Waals surface area (Å²) in [7, 11) is 1.69. The number of ether oxygens (including phenoxy) is 1. The van der Waals surface area contributed by atoms with Crippen molar-refractivity contribution in [3.05, 3.63) is 42.2 Å². The minimum atomic E-state index is 0. The van der Waals surface area contributed by atoms with Crippen LogP contribution in [0.2, 0.25) is 0 Å². The Morgan fingerprint density at radius 3 is 2.78 bits per heavy atom. The lowest BCUT2D eigenvalue weighted by atomic mass is 10.2. The average Bonchev–Trinajstić information content (AvgIpc) is 2.84. The first-order valence-corrected chi connectivity index (χ1v) is 5.71. The van der Waals surface area contributed by atoms with Crippen LogP contribution in [0.3, 0.4) is 0 Å². The molecule has 1 N–H and O–H groups in total.